The summed E-state index contributed by atoms with van der Waals surface area (Å²) in [5.41, 5.74) is 1.10. The molecular weight excluding hydrogens is 224 g/mol. The number of hydrogen-bond acceptors (Lipinski definition) is 3. The van der Waals surface area contributed by atoms with Crippen molar-refractivity contribution < 1.29 is 4.74 Å². The van der Waals surface area contributed by atoms with Crippen molar-refractivity contribution in [2.45, 2.75) is 32.1 Å². The second-order valence-electron chi connectivity index (χ2n) is 4.22. The first-order valence-electron chi connectivity index (χ1n) is 5.47. The highest BCUT2D eigenvalue weighted by molar-refractivity contribution is 6.29. The zero-order valence-electron chi connectivity index (χ0n) is 9.37. The number of aromatic nitrogens is 2. The van der Waals surface area contributed by atoms with Crippen LogP contribution in [0.2, 0.25) is 5.15 Å². The quantitative estimate of drug-likeness (QED) is 0.583. The van der Waals surface area contributed by atoms with E-state index in [1.165, 1.54) is 0 Å². The molecule has 0 atom stereocenters. The van der Waals surface area contributed by atoms with Crippen molar-refractivity contribution in [1.29, 1.82) is 0 Å². The molecule has 1 fully saturated rings. The average Bonchev–Trinajstić information content (AvgIpc) is 2.99. The van der Waals surface area contributed by atoms with Crippen molar-refractivity contribution in [2.75, 3.05) is 6.61 Å². The molecule has 0 spiro atoms. The van der Waals surface area contributed by atoms with Gasteiger partial charge in [-0.15, -0.1) is 6.58 Å². The molecule has 0 saturated heterocycles. The van der Waals surface area contributed by atoms with E-state index in [4.69, 9.17) is 16.3 Å². The summed E-state index contributed by atoms with van der Waals surface area (Å²) in [7, 11) is 0. The lowest BCUT2D eigenvalue weighted by Crippen LogP contribution is -2.02. The minimum absolute atomic E-state index is 0.460. The Morgan fingerprint density at radius 1 is 1.56 bits per heavy atom. The van der Waals surface area contributed by atoms with Gasteiger partial charge >= 0.3 is 0 Å². The molecule has 0 unspecified atom stereocenters. The number of ether oxygens (including phenoxy) is 1. The van der Waals surface area contributed by atoms with Crippen molar-refractivity contribution in [3.05, 3.63) is 29.2 Å². The SMILES string of the molecule is C=C(C)CCOc1cc(Cl)nc(C2CC2)n1. The summed E-state index contributed by atoms with van der Waals surface area (Å²) in [6.07, 6.45) is 3.15. The smallest absolute Gasteiger partial charge is 0.218 e. The highest BCUT2D eigenvalue weighted by atomic mass is 35.5. The van der Waals surface area contributed by atoms with Gasteiger partial charge in [-0.3, -0.25) is 0 Å². The third-order valence-corrected chi connectivity index (χ3v) is 2.60. The van der Waals surface area contributed by atoms with E-state index in [9.17, 15) is 0 Å². The molecule has 0 aromatic carbocycles. The van der Waals surface area contributed by atoms with Crippen LogP contribution in [0.3, 0.4) is 0 Å². The molecule has 2 rings (SSSR count). The van der Waals surface area contributed by atoms with Crippen LogP contribution >= 0.6 is 11.6 Å². The van der Waals surface area contributed by atoms with Gasteiger partial charge in [-0.25, -0.2) is 4.98 Å². The summed E-state index contributed by atoms with van der Waals surface area (Å²) in [6, 6.07) is 1.66. The van der Waals surface area contributed by atoms with Gasteiger partial charge in [0.05, 0.1) is 6.61 Å². The zero-order valence-corrected chi connectivity index (χ0v) is 10.1. The number of nitrogens with zero attached hydrogens (tertiary/aromatic N) is 2. The van der Waals surface area contributed by atoms with Gasteiger partial charge in [-0.1, -0.05) is 17.2 Å². The molecular formula is C12H15ClN2O. The van der Waals surface area contributed by atoms with Crippen LogP contribution in [0, 0.1) is 0 Å². The van der Waals surface area contributed by atoms with Gasteiger partial charge in [-0.05, 0) is 19.8 Å². The van der Waals surface area contributed by atoms with E-state index in [2.05, 4.69) is 16.5 Å². The number of hydrogen-bond donors (Lipinski definition) is 0. The Morgan fingerprint density at radius 3 is 2.94 bits per heavy atom. The molecule has 1 aliphatic rings. The number of rotatable bonds is 5. The largest absolute Gasteiger partial charge is 0.477 e. The van der Waals surface area contributed by atoms with Crippen molar-refractivity contribution in [3.8, 4) is 5.88 Å². The van der Waals surface area contributed by atoms with E-state index in [0.717, 1.165) is 30.7 Å². The Bertz CT molecular complexity index is 402. The minimum Gasteiger partial charge on any atom is -0.477 e. The van der Waals surface area contributed by atoms with E-state index >= 15 is 0 Å². The standard InChI is InChI=1S/C12H15ClN2O/c1-8(2)5-6-16-11-7-10(13)14-12(15-11)9-3-4-9/h7,9H,1,3-6H2,2H3. The molecule has 1 saturated carbocycles. The predicted molar refractivity (Wildman–Crippen MR) is 63.9 cm³/mol. The lowest BCUT2D eigenvalue weighted by atomic mass is 10.3. The minimum atomic E-state index is 0.460. The molecule has 0 radical (unpaired) electrons. The fourth-order valence-corrected chi connectivity index (χ4v) is 1.52. The first kappa shape index (κ1) is 11.4. The molecule has 0 N–H and O–H groups in total. The van der Waals surface area contributed by atoms with E-state index in [1.54, 1.807) is 6.07 Å². The molecule has 0 bridgehead atoms. The molecule has 4 heteroatoms. The van der Waals surface area contributed by atoms with E-state index < -0.39 is 0 Å². The predicted octanol–water partition coefficient (Wildman–Crippen LogP) is 3.35. The maximum Gasteiger partial charge on any atom is 0.218 e. The normalized spacial score (nSPS) is 14.9. The van der Waals surface area contributed by atoms with Gasteiger partial charge in [0.25, 0.3) is 0 Å². The fourth-order valence-electron chi connectivity index (χ4n) is 1.34. The molecule has 1 aliphatic carbocycles. The van der Waals surface area contributed by atoms with E-state index in [0.29, 0.717) is 23.6 Å². The van der Waals surface area contributed by atoms with Crippen molar-refractivity contribution in [1.82, 2.24) is 9.97 Å². The summed E-state index contributed by atoms with van der Waals surface area (Å²) in [6.45, 7) is 6.39. The second-order valence-corrected chi connectivity index (χ2v) is 4.60. The van der Waals surface area contributed by atoms with E-state index in [-0.39, 0.29) is 0 Å². The van der Waals surface area contributed by atoms with Crippen molar-refractivity contribution >= 4 is 11.6 Å². The van der Waals surface area contributed by atoms with Gasteiger partial charge in [-0.2, -0.15) is 4.98 Å². The summed E-state index contributed by atoms with van der Waals surface area (Å²) < 4.78 is 5.52. The topological polar surface area (TPSA) is 35.0 Å². The first-order valence-corrected chi connectivity index (χ1v) is 5.84. The zero-order chi connectivity index (χ0) is 11.5. The molecule has 16 heavy (non-hydrogen) atoms. The van der Waals surface area contributed by atoms with Gasteiger partial charge in [0, 0.05) is 18.4 Å². The Morgan fingerprint density at radius 2 is 2.31 bits per heavy atom. The van der Waals surface area contributed by atoms with Gasteiger partial charge in [0.1, 0.15) is 11.0 Å². The van der Waals surface area contributed by atoms with E-state index in [1.807, 2.05) is 6.92 Å². The monoisotopic (exact) mass is 238 g/mol. The lowest BCUT2D eigenvalue weighted by Gasteiger charge is -2.06. The van der Waals surface area contributed by atoms with Crippen molar-refractivity contribution in [3.63, 3.8) is 0 Å². The van der Waals surface area contributed by atoms with Crippen LogP contribution in [0.4, 0.5) is 0 Å². The molecule has 0 amide bonds. The first-order chi connectivity index (χ1) is 7.65. The summed E-state index contributed by atoms with van der Waals surface area (Å²) in [4.78, 5) is 8.54. The van der Waals surface area contributed by atoms with Crippen LogP contribution in [0.25, 0.3) is 0 Å². The van der Waals surface area contributed by atoms with Gasteiger partial charge in [0.15, 0.2) is 0 Å². The van der Waals surface area contributed by atoms with Crippen LogP contribution in [-0.2, 0) is 0 Å². The third-order valence-electron chi connectivity index (χ3n) is 2.41. The maximum atomic E-state index is 5.91. The molecule has 0 aliphatic heterocycles. The summed E-state index contributed by atoms with van der Waals surface area (Å²) >= 11 is 5.91. The third kappa shape index (κ3) is 3.20. The number of halogens is 1. The molecule has 1 heterocycles. The highest BCUT2D eigenvalue weighted by Crippen LogP contribution is 2.38. The Labute approximate surface area is 101 Å². The summed E-state index contributed by atoms with van der Waals surface area (Å²) in [5.74, 6) is 1.88. The second kappa shape index (κ2) is 4.83. The molecule has 1 aromatic heterocycles. The van der Waals surface area contributed by atoms with Crippen LogP contribution in [0.15, 0.2) is 18.2 Å². The van der Waals surface area contributed by atoms with Crippen LogP contribution < -0.4 is 4.74 Å². The van der Waals surface area contributed by atoms with Gasteiger partial charge in [0.2, 0.25) is 5.88 Å². The van der Waals surface area contributed by atoms with Crippen LogP contribution in [0.1, 0.15) is 37.9 Å². The average molecular weight is 239 g/mol. The molecule has 3 nitrogen and oxygen atoms in total. The Hall–Kier alpha value is -1.09. The van der Waals surface area contributed by atoms with Crippen LogP contribution in [0.5, 0.6) is 5.88 Å². The van der Waals surface area contributed by atoms with Crippen LogP contribution in [-0.4, -0.2) is 16.6 Å². The molecule has 1 aromatic rings. The maximum absolute atomic E-state index is 5.91. The van der Waals surface area contributed by atoms with Gasteiger partial charge < -0.3 is 4.74 Å². The Balaban J connectivity index is 1.99. The summed E-state index contributed by atoms with van der Waals surface area (Å²) in [5, 5.41) is 0.460. The fraction of sp³-hybridized carbons (Fsp3) is 0.500. The lowest BCUT2D eigenvalue weighted by molar-refractivity contribution is 0.307. The van der Waals surface area contributed by atoms with Crippen molar-refractivity contribution in [2.24, 2.45) is 0 Å². The highest BCUT2D eigenvalue weighted by Gasteiger charge is 2.27. The Kier molecular flexibility index (Phi) is 3.44. The molecule has 86 valence electrons.